The Morgan fingerprint density at radius 3 is 2.43 bits per heavy atom. The molecule has 1 N–H and O–H groups in total. The maximum atomic E-state index is 11.3. The highest BCUT2D eigenvalue weighted by molar-refractivity contribution is 5.87. The van der Waals surface area contributed by atoms with Crippen LogP contribution in [0.15, 0.2) is 54.6 Å². The van der Waals surface area contributed by atoms with E-state index in [1.807, 2.05) is 19.1 Å². The smallest absolute Gasteiger partial charge is 0.335 e. The second-order valence-electron chi connectivity index (χ2n) is 7.45. The predicted molar refractivity (Wildman–Crippen MR) is 117 cm³/mol. The maximum absolute atomic E-state index is 11.3. The van der Waals surface area contributed by atoms with Gasteiger partial charge in [-0.3, -0.25) is 4.98 Å². The van der Waals surface area contributed by atoms with Crippen LogP contribution in [0.2, 0.25) is 0 Å². The average molecular weight is 405 g/mol. The van der Waals surface area contributed by atoms with Gasteiger partial charge in [-0.2, -0.15) is 0 Å². The first-order chi connectivity index (χ1) is 14.5. The van der Waals surface area contributed by atoms with Gasteiger partial charge in [-0.05, 0) is 68.7 Å². The molecule has 0 radical (unpaired) electrons. The Balaban J connectivity index is 1.63. The van der Waals surface area contributed by atoms with Gasteiger partial charge in [0.15, 0.2) is 0 Å². The number of carbonyl (C=O) groups is 1. The van der Waals surface area contributed by atoms with Crippen molar-refractivity contribution in [2.75, 3.05) is 7.11 Å². The molecule has 3 aromatic rings. The van der Waals surface area contributed by atoms with Crippen LogP contribution in [0.3, 0.4) is 0 Å². The Labute approximate surface area is 177 Å². The van der Waals surface area contributed by atoms with Crippen molar-refractivity contribution in [2.24, 2.45) is 0 Å². The van der Waals surface area contributed by atoms with E-state index in [1.165, 1.54) is 11.1 Å². The number of pyridine rings is 2. The van der Waals surface area contributed by atoms with E-state index in [1.54, 1.807) is 19.2 Å². The molecule has 0 fully saturated rings. The maximum Gasteiger partial charge on any atom is 0.335 e. The zero-order chi connectivity index (χ0) is 21.3. The first-order valence-corrected chi connectivity index (χ1v) is 10.3. The molecule has 1 aromatic carbocycles. The lowest BCUT2D eigenvalue weighted by Gasteiger charge is -2.11. The first-order valence-electron chi connectivity index (χ1n) is 10.3. The van der Waals surface area contributed by atoms with Crippen LogP contribution in [0.25, 0.3) is 0 Å². The summed E-state index contributed by atoms with van der Waals surface area (Å²) in [7, 11) is 1.63. The van der Waals surface area contributed by atoms with Crippen molar-refractivity contribution in [1.29, 1.82) is 0 Å². The molecule has 0 bridgehead atoms. The summed E-state index contributed by atoms with van der Waals surface area (Å²) in [5.41, 5.74) is 5.47. The van der Waals surface area contributed by atoms with Crippen LogP contribution < -0.4 is 4.74 Å². The van der Waals surface area contributed by atoms with Gasteiger partial charge in [0.2, 0.25) is 5.88 Å². The Kier molecular flexibility index (Phi) is 7.55. The number of aromatic carboxylic acids is 1. The first kappa shape index (κ1) is 21.5. The zero-order valence-electron chi connectivity index (χ0n) is 17.6. The van der Waals surface area contributed by atoms with E-state index in [-0.39, 0.29) is 0 Å². The minimum absolute atomic E-state index is 0.290. The number of rotatable bonds is 10. The molecule has 2 aromatic heterocycles. The fraction of sp³-hybridized carbons (Fsp3) is 0.320. The molecule has 30 heavy (non-hydrogen) atoms. The molecule has 3 rings (SSSR count). The number of hydrogen-bond acceptors (Lipinski definition) is 4. The molecule has 0 saturated heterocycles. The molecule has 0 aliphatic rings. The molecule has 0 aliphatic carbocycles. The lowest BCUT2D eigenvalue weighted by molar-refractivity contribution is 0.0696. The van der Waals surface area contributed by atoms with E-state index in [4.69, 9.17) is 4.74 Å². The summed E-state index contributed by atoms with van der Waals surface area (Å²) in [6.45, 7) is 1.82. The highest BCUT2D eigenvalue weighted by Crippen LogP contribution is 2.18. The predicted octanol–water partition coefficient (Wildman–Crippen LogP) is 4.84. The molecule has 2 heterocycles. The van der Waals surface area contributed by atoms with Crippen LogP contribution in [0.5, 0.6) is 5.88 Å². The van der Waals surface area contributed by atoms with Crippen LogP contribution in [0.4, 0.5) is 0 Å². The third-order valence-electron chi connectivity index (χ3n) is 5.11. The second-order valence-corrected chi connectivity index (χ2v) is 7.45. The van der Waals surface area contributed by atoms with Crippen LogP contribution in [-0.4, -0.2) is 28.2 Å². The van der Waals surface area contributed by atoms with Crippen molar-refractivity contribution in [1.82, 2.24) is 9.97 Å². The fourth-order valence-electron chi connectivity index (χ4n) is 3.62. The van der Waals surface area contributed by atoms with Gasteiger partial charge in [-0.1, -0.05) is 36.4 Å². The molecule has 0 atom stereocenters. The van der Waals surface area contributed by atoms with Gasteiger partial charge in [0.25, 0.3) is 0 Å². The molecule has 5 nitrogen and oxygen atoms in total. The number of benzene rings is 1. The number of carboxylic acid groups (broad SMARTS) is 1. The van der Waals surface area contributed by atoms with Crippen molar-refractivity contribution in [3.63, 3.8) is 0 Å². The summed E-state index contributed by atoms with van der Waals surface area (Å²) in [5, 5.41) is 9.24. The molecule has 0 saturated carbocycles. The highest BCUT2D eigenvalue weighted by Gasteiger charge is 2.10. The van der Waals surface area contributed by atoms with Crippen molar-refractivity contribution >= 4 is 5.97 Å². The van der Waals surface area contributed by atoms with Gasteiger partial charge < -0.3 is 9.84 Å². The third-order valence-corrected chi connectivity index (χ3v) is 5.11. The van der Waals surface area contributed by atoms with Gasteiger partial charge in [0.05, 0.1) is 12.7 Å². The Bertz CT molecular complexity index is 987. The van der Waals surface area contributed by atoms with Gasteiger partial charge in [0.1, 0.15) is 0 Å². The van der Waals surface area contributed by atoms with Crippen LogP contribution >= 0.6 is 0 Å². The number of ether oxygens (including phenoxy) is 1. The van der Waals surface area contributed by atoms with Crippen LogP contribution in [0, 0.1) is 6.92 Å². The number of aryl methyl sites for hydroxylation is 5. The van der Waals surface area contributed by atoms with E-state index in [2.05, 4.69) is 40.3 Å². The highest BCUT2D eigenvalue weighted by atomic mass is 16.5. The second kappa shape index (κ2) is 10.5. The molecule has 5 heteroatoms. The Morgan fingerprint density at radius 1 is 0.933 bits per heavy atom. The topological polar surface area (TPSA) is 72.3 Å². The monoisotopic (exact) mass is 404 g/mol. The molecular formula is C25H28N2O3. The van der Waals surface area contributed by atoms with E-state index in [9.17, 15) is 9.90 Å². The molecule has 0 amide bonds. The van der Waals surface area contributed by atoms with Crippen molar-refractivity contribution in [2.45, 2.75) is 45.4 Å². The summed E-state index contributed by atoms with van der Waals surface area (Å²) in [6, 6.07) is 17.8. The average Bonchev–Trinajstić information content (AvgIpc) is 2.75. The lowest BCUT2D eigenvalue weighted by atomic mass is 10.00. The van der Waals surface area contributed by atoms with Gasteiger partial charge in [0, 0.05) is 23.1 Å². The van der Waals surface area contributed by atoms with E-state index in [0.717, 1.165) is 49.2 Å². The molecule has 0 spiro atoms. The molecule has 0 unspecified atom stereocenters. The standard InChI is InChI=1S/C25H28N2O3/c1-18-16-21(25(28)29)17-22(26-18)12-7-13-23-20(14-15-24(27-23)30-2)11-6-10-19-8-4-3-5-9-19/h3-5,8-9,14-17H,6-7,10-13H2,1-2H3,(H,28,29). The Hall–Kier alpha value is -3.21. The summed E-state index contributed by atoms with van der Waals surface area (Å²) in [6.07, 6.45) is 5.43. The van der Waals surface area contributed by atoms with E-state index < -0.39 is 5.97 Å². The summed E-state index contributed by atoms with van der Waals surface area (Å²) >= 11 is 0. The lowest BCUT2D eigenvalue weighted by Crippen LogP contribution is -2.04. The third kappa shape index (κ3) is 6.14. The fourth-order valence-corrected chi connectivity index (χ4v) is 3.62. The minimum Gasteiger partial charge on any atom is -0.481 e. The number of nitrogens with zero attached hydrogens (tertiary/aromatic N) is 2. The van der Waals surface area contributed by atoms with Gasteiger partial charge >= 0.3 is 5.97 Å². The Morgan fingerprint density at radius 2 is 1.70 bits per heavy atom. The molecular weight excluding hydrogens is 376 g/mol. The zero-order valence-corrected chi connectivity index (χ0v) is 17.6. The summed E-state index contributed by atoms with van der Waals surface area (Å²) < 4.78 is 5.32. The van der Waals surface area contributed by atoms with E-state index in [0.29, 0.717) is 17.9 Å². The van der Waals surface area contributed by atoms with Gasteiger partial charge in [-0.25, -0.2) is 9.78 Å². The van der Waals surface area contributed by atoms with Crippen molar-refractivity contribution < 1.29 is 14.6 Å². The summed E-state index contributed by atoms with van der Waals surface area (Å²) in [4.78, 5) is 20.4. The van der Waals surface area contributed by atoms with Crippen LogP contribution in [0.1, 0.15) is 51.4 Å². The minimum atomic E-state index is -0.920. The van der Waals surface area contributed by atoms with Crippen molar-refractivity contribution in [3.05, 3.63) is 88.4 Å². The molecule has 0 aliphatic heterocycles. The summed E-state index contributed by atoms with van der Waals surface area (Å²) in [5.74, 6) is -0.296. The molecule has 156 valence electrons. The SMILES string of the molecule is COc1ccc(CCCc2ccccc2)c(CCCc2cc(C(=O)O)cc(C)n2)n1. The number of carboxylic acids is 1. The van der Waals surface area contributed by atoms with E-state index >= 15 is 0 Å². The van der Waals surface area contributed by atoms with Crippen molar-refractivity contribution in [3.8, 4) is 5.88 Å². The van der Waals surface area contributed by atoms with Crippen LogP contribution in [-0.2, 0) is 25.7 Å². The number of hydrogen-bond donors (Lipinski definition) is 1. The van der Waals surface area contributed by atoms with Gasteiger partial charge in [-0.15, -0.1) is 0 Å². The largest absolute Gasteiger partial charge is 0.481 e. The number of aromatic nitrogens is 2. The quantitative estimate of drug-likeness (QED) is 0.523. The number of methoxy groups -OCH3 is 1. The normalized spacial score (nSPS) is 10.7.